The molecule has 0 radical (unpaired) electrons. The molecule has 1 aromatic heterocycles. The van der Waals surface area contributed by atoms with Gasteiger partial charge in [0.15, 0.2) is 0 Å². The Balaban J connectivity index is 1.10. The highest BCUT2D eigenvalue weighted by Gasteiger charge is 2.51. The Morgan fingerprint density at radius 1 is 0.977 bits per heavy atom. The number of pyridine rings is 1. The van der Waals surface area contributed by atoms with Gasteiger partial charge in [-0.3, -0.25) is 14.4 Å². The largest absolute Gasteiger partial charge is 0.329 e. The van der Waals surface area contributed by atoms with Gasteiger partial charge in [0.2, 0.25) is 17.7 Å². The lowest BCUT2D eigenvalue weighted by atomic mass is 9.71. The first-order valence-corrected chi connectivity index (χ1v) is 15.3. The Labute approximate surface area is 252 Å². The summed E-state index contributed by atoms with van der Waals surface area (Å²) in [5.74, 6) is 0.489. The number of nitrogens with one attached hydrogen (secondary N) is 3. The summed E-state index contributed by atoms with van der Waals surface area (Å²) in [6.45, 7) is 3.90. The molecule has 3 fully saturated rings. The van der Waals surface area contributed by atoms with Crippen LogP contribution in [0.3, 0.4) is 0 Å². The van der Waals surface area contributed by atoms with Gasteiger partial charge >= 0.3 is 0 Å². The zero-order valence-electron chi connectivity index (χ0n) is 24.6. The van der Waals surface area contributed by atoms with Gasteiger partial charge in [-0.15, -0.1) is 0 Å². The Morgan fingerprint density at radius 2 is 1.72 bits per heavy atom. The van der Waals surface area contributed by atoms with Gasteiger partial charge in [-0.2, -0.15) is 0 Å². The van der Waals surface area contributed by atoms with Crippen molar-refractivity contribution < 1.29 is 14.4 Å². The minimum Gasteiger partial charge on any atom is -0.329 e. The van der Waals surface area contributed by atoms with Crippen LogP contribution in [-0.4, -0.2) is 65.7 Å². The normalized spacial score (nSPS) is 24.9. The van der Waals surface area contributed by atoms with Crippen molar-refractivity contribution in [2.45, 2.75) is 50.6 Å². The van der Waals surface area contributed by atoms with E-state index in [9.17, 15) is 14.4 Å². The third-order valence-corrected chi connectivity index (χ3v) is 10.1. The zero-order chi connectivity index (χ0) is 29.6. The summed E-state index contributed by atoms with van der Waals surface area (Å²) in [4.78, 5) is 49.5. The fourth-order valence-corrected chi connectivity index (χ4v) is 7.68. The molecule has 8 rings (SSSR count). The number of piperidine rings is 3. The van der Waals surface area contributed by atoms with E-state index >= 15 is 0 Å². The van der Waals surface area contributed by atoms with Gasteiger partial charge in [0.1, 0.15) is 12.4 Å². The molecule has 1 spiro atoms. The fraction of sp³-hybridized carbons (Fsp3) is 0.412. The highest BCUT2D eigenvalue weighted by atomic mass is 16.2. The molecule has 1 unspecified atom stereocenters. The van der Waals surface area contributed by atoms with E-state index in [0.717, 1.165) is 66.7 Å². The number of aromatic nitrogens is 1. The van der Waals surface area contributed by atoms with Gasteiger partial charge < -0.3 is 25.8 Å². The lowest BCUT2D eigenvalue weighted by Crippen LogP contribution is -2.56. The quantitative estimate of drug-likeness (QED) is 0.379. The molecule has 9 heteroatoms. The molecule has 1 aliphatic carbocycles. The van der Waals surface area contributed by atoms with Gasteiger partial charge in [0, 0.05) is 30.5 Å². The van der Waals surface area contributed by atoms with Crippen molar-refractivity contribution in [3.05, 3.63) is 88.6 Å². The van der Waals surface area contributed by atoms with Crippen LogP contribution in [0.2, 0.25) is 0 Å². The number of nitrogens with zero attached hydrogens (tertiary/aromatic N) is 3. The number of carbonyl (C=O) groups excluding carboxylic acids is 3. The Morgan fingerprint density at radius 3 is 2.49 bits per heavy atom. The van der Waals surface area contributed by atoms with Gasteiger partial charge in [-0.05, 0) is 99.2 Å². The van der Waals surface area contributed by atoms with Crippen LogP contribution >= 0.6 is 0 Å². The third-order valence-electron chi connectivity index (χ3n) is 10.1. The van der Waals surface area contributed by atoms with Crippen LogP contribution in [0.15, 0.2) is 60.8 Å². The first-order chi connectivity index (χ1) is 20.9. The lowest BCUT2D eigenvalue weighted by molar-refractivity contribution is -0.152. The van der Waals surface area contributed by atoms with E-state index in [2.05, 4.69) is 38.0 Å². The number of fused-ring (bicyclic) bond motifs is 6. The van der Waals surface area contributed by atoms with Gasteiger partial charge in [-0.1, -0.05) is 36.4 Å². The molecule has 1 atom stereocenters. The standard InChI is InChI=1S/C34H38N6O3/c1-35-20-24-5-2-3-6-25(24)21-40(32(43)33-10-14-39(15-11-33)16-12-33)22-29(41)37-27-9-8-23-18-34(19-26(23)17-27)28-7-4-13-36-30(28)38-31(34)42/h2-9,13,17,35H,10-12,14-16,18-22H2,1H3,(H,37,41)(H,36,38,42). The lowest BCUT2D eigenvalue weighted by Gasteiger charge is -2.48. The Hall–Kier alpha value is -4.08. The number of benzene rings is 2. The van der Waals surface area contributed by atoms with Crippen molar-refractivity contribution >= 4 is 29.2 Å². The second-order valence-electron chi connectivity index (χ2n) is 12.7. The third kappa shape index (κ3) is 4.90. The predicted molar refractivity (Wildman–Crippen MR) is 164 cm³/mol. The number of rotatable bonds is 8. The van der Waals surface area contributed by atoms with E-state index in [4.69, 9.17) is 0 Å². The van der Waals surface area contributed by atoms with Crippen molar-refractivity contribution in [3.8, 4) is 0 Å². The van der Waals surface area contributed by atoms with Crippen molar-refractivity contribution in [2.75, 3.05) is 43.9 Å². The summed E-state index contributed by atoms with van der Waals surface area (Å²) in [7, 11) is 1.91. The maximum atomic E-state index is 14.2. The predicted octanol–water partition coefficient (Wildman–Crippen LogP) is 3.24. The maximum absolute atomic E-state index is 14.2. The van der Waals surface area contributed by atoms with E-state index in [0.29, 0.717) is 37.4 Å². The molecule has 2 bridgehead atoms. The minimum atomic E-state index is -0.659. The molecule has 5 aliphatic rings. The van der Waals surface area contributed by atoms with E-state index in [1.807, 2.05) is 49.5 Å². The molecule has 3 aromatic rings. The number of hydrogen-bond donors (Lipinski definition) is 3. The molecule has 4 aliphatic heterocycles. The van der Waals surface area contributed by atoms with Crippen LogP contribution < -0.4 is 16.0 Å². The monoisotopic (exact) mass is 578 g/mol. The van der Waals surface area contributed by atoms with Crippen molar-refractivity contribution in [3.63, 3.8) is 0 Å². The fourth-order valence-electron chi connectivity index (χ4n) is 7.68. The average Bonchev–Trinajstić information content (AvgIpc) is 3.55. The number of anilines is 2. The second kappa shape index (κ2) is 10.9. The second-order valence-corrected chi connectivity index (χ2v) is 12.7. The number of hydrogen-bond acceptors (Lipinski definition) is 6. The molecule has 222 valence electrons. The van der Waals surface area contributed by atoms with Crippen LogP contribution in [-0.2, 0) is 45.7 Å². The smallest absolute Gasteiger partial charge is 0.244 e. The SMILES string of the molecule is CNCc1ccccc1CN(CC(=O)Nc1ccc2c(c1)CC1(C2)C(=O)Nc2ncccc21)C(=O)C12CCN(CC1)CC2. The van der Waals surface area contributed by atoms with Crippen LogP contribution in [0.5, 0.6) is 0 Å². The molecule has 0 saturated carbocycles. The summed E-state index contributed by atoms with van der Waals surface area (Å²) in [6.07, 6.45) is 5.40. The first kappa shape index (κ1) is 27.7. The Kier molecular flexibility index (Phi) is 7.02. The zero-order valence-corrected chi connectivity index (χ0v) is 24.6. The molecule has 43 heavy (non-hydrogen) atoms. The Bertz CT molecular complexity index is 1580. The van der Waals surface area contributed by atoms with Crippen molar-refractivity contribution in [1.29, 1.82) is 0 Å². The molecule has 9 nitrogen and oxygen atoms in total. The van der Waals surface area contributed by atoms with E-state index in [-0.39, 0.29) is 29.7 Å². The summed E-state index contributed by atoms with van der Waals surface area (Å²) in [6, 6.07) is 17.9. The first-order valence-electron chi connectivity index (χ1n) is 15.3. The highest BCUT2D eigenvalue weighted by molar-refractivity contribution is 6.06. The molecule has 2 aromatic carbocycles. The van der Waals surface area contributed by atoms with Gasteiger partial charge in [-0.25, -0.2) is 4.98 Å². The van der Waals surface area contributed by atoms with E-state index in [1.54, 1.807) is 11.1 Å². The van der Waals surface area contributed by atoms with E-state index in [1.165, 1.54) is 0 Å². The van der Waals surface area contributed by atoms with Crippen LogP contribution in [0.25, 0.3) is 0 Å². The highest BCUT2D eigenvalue weighted by Crippen LogP contribution is 2.47. The van der Waals surface area contributed by atoms with Crippen molar-refractivity contribution in [1.82, 2.24) is 20.1 Å². The molecule has 3 saturated heterocycles. The van der Waals surface area contributed by atoms with Crippen LogP contribution in [0.4, 0.5) is 11.5 Å². The summed E-state index contributed by atoms with van der Waals surface area (Å²) in [5, 5.41) is 9.24. The average molecular weight is 579 g/mol. The van der Waals surface area contributed by atoms with Gasteiger partial charge in [0.25, 0.3) is 0 Å². The van der Waals surface area contributed by atoms with E-state index < -0.39 is 5.41 Å². The minimum absolute atomic E-state index is 0.0132. The van der Waals surface area contributed by atoms with Crippen molar-refractivity contribution in [2.24, 2.45) is 5.41 Å². The number of carbonyl (C=O) groups is 3. The summed E-state index contributed by atoms with van der Waals surface area (Å²) < 4.78 is 0. The molecular formula is C34H38N6O3. The van der Waals surface area contributed by atoms with Crippen LogP contribution in [0.1, 0.15) is 47.1 Å². The molecule has 5 heterocycles. The molecular weight excluding hydrogens is 540 g/mol. The molecule has 3 N–H and O–H groups in total. The van der Waals surface area contributed by atoms with Crippen LogP contribution in [0, 0.1) is 5.41 Å². The van der Waals surface area contributed by atoms with Gasteiger partial charge in [0.05, 0.1) is 10.8 Å². The summed E-state index contributed by atoms with van der Waals surface area (Å²) in [5.41, 5.74) is 4.89. The maximum Gasteiger partial charge on any atom is 0.244 e. The molecule has 3 amide bonds. The topological polar surface area (TPSA) is 107 Å². The number of amides is 3. The summed E-state index contributed by atoms with van der Waals surface area (Å²) >= 11 is 0.